The van der Waals surface area contributed by atoms with Crippen molar-refractivity contribution in [2.75, 3.05) is 5.32 Å². The maximum absolute atomic E-state index is 12.1. The van der Waals surface area contributed by atoms with Gasteiger partial charge >= 0.3 is 13.2 Å². The number of nitrogens with zero attached hydrogens (tertiary/aromatic N) is 1. The summed E-state index contributed by atoms with van der Waals surface area (Å²) in [6.07, 6.45) is -0.0210. The molecule has 0 atom stereocenters. The fourth-order valence-electron chi connectivity index (χ4n) is 3.63. The van der Waals surface area contributed by atoms with Crippen LogP contribution in [0.4, 0.5) is 10.6 Å². The van der Waals surface area contributed by atoms with Gasteiger partial charge in [-0.15, -0.1) is 11.3 Å². The number of halogens is 1. The first-order valence-electron chi connectivity index (χ1n) is 11.3. The molecule has 34 heavy (non-hydrogen) atoms. The number of aromatic nitrogens is 1. The Bertz CT molecular complexity index is 1220. The predicted octanol–water partition coefficient (Wildman–Crippen LogP) is 6.19. The molecule has 180 valence electrons. The van der Waals surface area contributed by atoms with Crippen LogP contribution in [0.2, 0.25) is 5.02 Å². The van der Waals surface area contributed by atoms with Crippen LogP contribution in [0.25, 0.3) is 10.1 Å². The molecule has 1 aliphatic rings. The maximum atomic E-state index is 12.1. The Hall–Kier alpha value is -2.13. The zero-order chi connectivity index (χ0) is 24.9. The number of hydrogen-bond acceptors (Lipinski definition) is 6. The molecule has 0 spiro atoms. The largest absolute Gasteiger partial charge is 0.496 e. The normalized spacial score (nSPS) is 17.2. The highest BCUT2D eigenvalue weighted by Gasteiger charge is 2.52. The molecule has 1 fully saturated rings. The van der Waals surface area contributed by atoms with Gasteiger partial charge in [0, 0.05) is 21.5 Å². The van der Waals surface area contributed by atoms with Crippen molar-refractivity contribution in [1.82, 2.24) is 4.98 Å². The van der Waals surface area contributed by atoms with E-state index in [2.05, 4.69) is 56.2 Å². The van der Waals surface area contributed by atoms with E-state index in [0.29, 0.717) is 23.0 Å². The van der Waals surface area contributed by atoms with Crippen LogP contribution in [0.3, 0.4) is 0 Å². The van der Waals surface area contributed by atoms with Gasteiger partial charge in [0.05, 0.1) is 21.9 Å². The number of carbonyl (C=O) groups is 1. The molecule has 0 bridgehead atoms. The molecule has 1 aromatic carbocycles. The van der Waals surface area contributed by atoms with Gasteiger partial charge in [0.2, 0.25) is 0 Å². The van der Waals surface area contributed by atoms with Gasteiger partial charge in [-0.05, 0) is 72.1 Å². The molecule has 0 unspecified atom stereocenters. The third kappa shape index (κ3) is 5.25. The average Bonchev–Trinajstić information content (AvgIpc) is 3.19. The van der Waals surface area contributed by atoms with E-state index in [0.717, 1.165) is 20.4 Å². The summed E-state index contributed by atoms with van der Waals surface area (Å²) in [5.41, 5.74) is 0.300. The molecule has 1 amide bonds. The van der Waals surface area contributed by atoms with E-state index in [-0.39, 0.29) is 0 Å². The summed E-state index contributed by atoms with van der Waals surface area (Å²) >= 11 is 8.12. The van der Waals surface area contributed by atoms with Crippen LogP contribution < -0.4 is 10.8 Å². The molecule has 0 aliphatic carbocycles. The molecule has 2 aromatic heterocycles. The van der Waals surface area contributed by atoms with Crippen LogP contribution in [0.15, 0.2) is 36.4 Å². The van der Waals surface area contributed by atoms with Crippen LogP contribution in [0.5, 0.6) is 0 Å². The Labute approximate surface area is 210 Å². The number of hydrogen-bond donors (Lipinski definition) is 1. The summed E-state index contributed by atoms with van der Waals surface area (Å²) in [7, 11) is -0.428. The van der Waals surface area contributed by atoms with Crippen molar-refractivity contribution in [3.8, 4) is 0 Å². The number of fused-ring (bicyclic) bond motifs is 1. The lowest BCUT2D eigenvalue weighted by Gasteiger charge is -2.32. The lowest BCUT2D eigenvalue weighted by Crippen LogP contribution is -2.41. The Morgan fingerprint density at radius 3 is 2.47 bits per heavy atom. The number of nitrogens with one attached hydrogen (secondary N) is 1. The van der Waals surface area contributed by atoms with Crippen molar-refractivity contribution >= 4 is 57.5 Å². The molecule has 0 radical (unpaired) electrons. The highest BCUT2D eigenvalue weighted by molar-refractivity contribution is 7.20. The topological polar surface area (TPSA) is 69.7 Å². The standard InChI is InChI=1S/C25H30BClN2O4S/c1-23(2,3)31-22(30)29-20-12-11-18(27)19(28-20)14-16-13-15-9-8-10-17(21(15)34-16)26-32-24(4,5)25(6,7)33-26/h8-13H,14H2,1-7H3,(H,28,29,30). The van der Waals surface area contributed by atoms with Crippen LogP contribution in [0, 0.1) is 0 Å². The van der Waals surface area contributed by atoms with E-state index < -0.39 is 30.0 Å². The van der Waals surface area contributed by atoms with Gasteiger partial charge in [-0.1, -0.05) is 29.8 Å². The SMILES string of the molecule is CC(C)(C)OC(=O)Nc1ccc(Cl)c(Cc2cc3cccc(B4OC(C)(C)C(C)(C)O4)c3s2)n1. The van der Waals surface area contributed by atoms with Crippen molar-refractivity contribution < 1.29 is 18.8 Å². The minimum Gasteiger partial charge on any atom is -0.444 e. The van der Waals surface area contributed by atoms with Crippen LogP contribution in [-0.2, 0) is 20.5 Å². The second kappa shape index (κ2) is 8.83. The number of anilines is 1. The highest BCUT2D eigenvalue weighted by atomic mass is 35.5. The maximum Gasteiger partial charge on any atom is 0.496 e. The zero-order valence-corrected chi connectivity index (χ0v) is 22.2. The minimum atomic E-state index is -0.592. The van der Waals surface area contributed by atoms with E-state index in [9.17, 15) is 4.79 Å². The zero-order valence-electron chi connectivity index (χ0n) is 20.6. The smallest absolute Gasteiger partial charge is 0.444 e. The molecule has 1 aliphatic heterocycles. The number of ether oxygens (including phenoxy) is 1. The number of carbonyl (C=O) groups excluding carboxylic acids is 1. The second-order valence-electron chi connectivity index (χ2n) is 10.5. The average molecular weight is 501 g/mol. The number of benzene rings is 1. The van der Waals surface area contributed by atoms with E-state index >= 15 is 0 Å². The molecule has 6 nitrogen and oxygen atoms in total. The quantitative estimate of drug-likeness (QED) is 0.433. The number of pyridine rings is 1. The van der Waals surface area contributed by atoms with E-state index in [1.165, 1.54) is 0 Å². The summed E-state index contributed by atoms with van der Waals surface area (Å²) in [4.78, 5) is 17.8. The summed E-state index contributed by atoms with van der Waals surface area (Å²) in [5, 5.41) is 4.34. The van der Waals surface area contributed by atoms with Crippen LogP contribution >= 0.6 is 22.9 Å². The Morgan fingerprint density at radius 2 is 1.82 bits per heavy atom. The Morgan fingerprint density at radius 1 is 1.15 bits per heavy atom. The van der Waals surface area contributed by atoms with Crippen LogP contribution in [-0.4, -0.2) is 35.0 Å². The van der Waals surface area contributed by atoms with Crippen molar-refractivity contribution in [1.29, 1.82) is 0 Å². The van der Waals surface area contributed by atoms with E-state index in [1.807, 2.05) is 26.8 Å². The molecule has 3 heterocycles. The van der Waals surface area contributed by atoms with Gasteiger partial charge in [-0.3, -0.25) is 5.32 Å². The summed E-state index contributed by atoms with van der Waals surface area (Å²) < 4.78 is 19.0. The van der Waals surface area contributed by atoms with Gasteiger partial charge in [0.1, 0.15) is 11.4 Å². The predicted molar refractivity (Wildman–Crippen MR) is 139 cm³/mol. The summed E-state index contributed by atoms with van der Waals surface area (Å²) in [6, 6.07) is 11.7. The molecule has 1 N–H and O–H groups in total. The highest BCUT2D eigenvalue weighted by Crippen LogP contribution is 2.38. The molecular formula is C25H30BClN2O4S. The van der Waals surface area contributed by atoms with Crippen LogP contribution in [0.1, 0.15) is 59.0 Å². The first-order chi connectivity index (χ1) is 15.7. The lowest BCUT2D eigenvalue weighted by molar-refractivity contribution is 0.00578. The third-order valence-corrected chi connectivity index (χ3v) is 7.57. The Balaban J connectivity index is 1.58. The minimum absolute atomic E-state index is 0.396. The summed E-state index contributed by atoms with van der Waals surface area (Å²) in [5.74, 6) is 0.396. The molecule has 3 aromatic rings. The molecule has 0 saturated carbocycles. The first kappa shape index (κ1) is 25.0. The van der Waals surface area contributed by atoms with Gasteiger partial charge in [-0.2, -0.15) is 0 Å². The fraction of sp³-hybridized carbons (Fsp3) is 0.440. The summed E-state index contributed by atoms with van der Waals surface area (Å²) in [6.45, 7) is 13.7. The molecule has 9 heteroatoms. The van der Waals surface area contributed by atoms with Crippen molar-refractivity contribution in [2.45, 2.75) is 71.7 Å². The third-order valence-electron chi connectivity index (χ3n) is 6.02. The van der Waals surface area contributed by atoms with Gasteiger partial charge in [-0.25, -0.2) is 9.78 Å². The van der Waals surface area contributed by atoms with Crippen molar-refractivity contribution in [3.63, 3.8) is 0 Å². The lowest BCUT2D eigenvalue weighted by atomic mass is 9.78. The molecule has 4 rings (SSSR count). The second-order valence-corrected chi connectivity index (χ2v) is 12.0. The fourth-order valence-corrected chi connectivity index (χ4v) is 4.99. The monoisotopic (exact) mass is 500 g/mol. The first-order valence-corrected chi connectivity index (χ1v) is 12.5. The Kier molecular flexibility index (Phi) is 6.49. The van der Waals surface area contributed by atoms with E-state index in [4.69, 9.17) is 25.6 Å². The van der Waals surface area contributed by atoms with Crippen molar-refractivity contribution in [3.05, 3.63) is 52.0 Å². The van der Waals surface area contributed by atoms with Crippen molar-refractivity contribution in [2.24, 2.45) is 0 Å². The number of rotatable bonds is 4. The molecular weight excluding hydrogens is 471 g/mol. The van der Waals surface area contributed by atoms with Gasteiger partial charge < -0.3 is 14.0 Å². The number of thiophene rings is 1. The van der Waals surface area contributed by atoms with Gasteiger partial charge in [0.15, 0.2) is 0 Å². The van der Waals surface area contributed by atoms with E-state index in [1.54, 1.807) is 23.5 Å². The van der Waals surface area contributed by atoms with Gasteiger partial charge in [0.25, 0.3) is 0 Å². The number of amides is 1. The molecule has 1 saturated heterocycles.